The normalized spacial score (nSPS) is 12.2. The Balaban J connectivity index is 1.93. The van der Waals surface area contributed by atoms with Gasteiger partial charge in [-0.3, -0.25) is 9.48 Å². The summed E-state index contributed by atoms with van der Waals surface area (Å²) in [6.45, 7) is 6.04. The first-order valence-electron chi connectivity index (χ1n) is 7.24. The maximum atomic E-state index is 12.2. The Kier molecular flexibility index (Phi) is 5.15. The minimum absolute atomic E-state index is 0.00825. The van der Waals surface area contributed by atoms with Crippen LogP contribution in [0.3, 0.4) is 0 Å². The number of amides is 1. The molecule has 0 spiro atoms. The molecule has 0 saturated heterocycles. The molecule has 0 bridgehead atoms. The van der Waals surface area contributed by atoms with Gasteiger partial charge in [-0.15, -0.1) is 11.3 Å². The maximum absolute atomic E-state index is 12.2. The molecule has 0 aliphatic rings. The number of hydrogen-bond acceptors (Lipinski definition) is 5. The summed E-state index contributed by atoms with van der Waals surface area (Å²) in [5.74, 6) is -1.34. The topological polar surface area (TPSA) is 97.1 Å². The Morgan fingerprint density at radius 2 is 2.13 bits per heavy atom. The molecule has 8 heteroatoms. The third kappa shape index (κ3) is 3.95. The van der Waals surface area contributed by atoms with Crippen molar-refractivity contribution in [3.8, 4) is 0 Å². The van der Waals surface area contributed by atoms with Crippen LogP contribution in [0.2, 0.25) is 0 Å². The number of thiazole rings is 1. The molecule has 0 fully saturated rings. The zero-order valence-electron chi connectivity index (χ0n) is 13.6. The van der Waals surface area contributed by atoms with E-state index in [1.807, 2.05) is 32.5 Å². The van der Waals surface area contributed by atoms with Crippen molar-refractivity contribution < 1.29 is 14.7 Å². The third-order valence-corrected chi connectivity index (χ3v) is 4.65. The molecule has 2 aromatic heterocycles. The summed E-state index contributed by atoms with van der Waals surface area (Å²) in [7, 11) is 1.89. The van der Waals surface area contributed by atoms with Crippen molar-refractivity contribution in [2.45, 2.75) is 33.7 Å². The molecule has 1 amide bonds. The molecule has 2 aromatic rings. The van der Waals surface area contributed by atoms with Crippen molar-refractivity contribution in [2.24, 2.45) is 13.0 Å². The molecule has 2 rings (SSSR count). The number of carboxylic acids is 1. The van der Waals surface area contributed by atoms with Crippen LogP contribution in [-0.2, 0) is 24.8 Å². The molecule has 2 heterocycles. The molecule has 0 unspecified atom stereocenters. The third-order valence-electron chi connectivity index (χ3n) is 3.80. The van der Waals surface area contributed by atoms with Gasteiger partial charge >= 0.3 is 5.97 Å². The van der Waals surface area contributed by atoms with Crippen LogP contribution in [0.5, 0.6) is 0 Å². The Morgan fingerprint density at radius 3 is 2.65 bits per heavy atom. The molecule has 7 nitrogen and oxygen atoms in total. The lowest BCUT2D eigenvalue weighted by molar-refractivity contribution is -0.124. The van der Waals surface area contributed by atoms with E-state index in [2.05, 4.69) is 15.4 Å². The monoisotopic (exact) mass is 336 g/mol. The lowest BCUT2D eigenvalue weighted by atomic mass is 9.99. The number of aryl methyl sites for hydroxylation is 2. The molecule has 0 radical (unpaired) electrons. The number of carboxylic acid groups (broad SMARTS) is 1. The SMILES string of the molecule is Cc1nn(C)c(C)c1C[C@H](C)C(=O)NCc1nc(C(=O)O)cs1. The highest BCUT2D eigenvalue weighted by atomic mass is 32.1. The van der Waals surface area contributed by atoms with Crippen LogP contribution >= 0.6 is 11.3 Å². The second kappa shape index (κ2) is 6.91. The molecule has 1 atom stereocenters. The van der Waals surface area contributed by atoms with Crippen molar-refractivity contribution in [1.29, 1.82) is 0 Å². The minimum Gasteiger partial charge on any atom is -0.476 e. The summed E-state index contributed by atoms with van der Waals surface area (Å²) in [6, 6.07) is 0. The van der Waals surface area contributed by atoms with Gasteiger partial charge in [0.1, 0.15) is 5.01 Å². The number of carbonyl (C=O) groups excluding carboxylic acids is 1. The average Bonchev–Trinajstić information content (AvgIpc) is 3.05. The highest BCUT2D eigenvalue weighted by Gasteiger charge is 2.19. The number of carbonyl (C=O) groups is 2. The molecule has 0 aliphatic heterocycles. The highest BCUT2D eigenvalue weighted by Crippen LogP contribution is 2.17. The van der Waals surface area contributed by atoms with Crippen molar-refractivity contribution in [3.63, 3.8) is 0 Å². The fourth-order valence-electron chi connectivity index (χ4n) is 2.34. The zero-order valence-corrected chi connectivity index (χ0v) is 14.4. The van der Waals surface area contributed by atoms with Gasteiger partial charge in [0.05, 0.1) is 12.2 Å². The molecule has 2 N–H and O–H groups in total. The largest absolute Gasteiger partial charge is 0.476 e. The Morgan fingerprint density at radius 1 is 1.43 bits per heavy atom. The predicted molar refractivity (Wildman–Crippen MR) is 86.5 cm³/mol. The van der Waals surface area contributed by atoms with Crippen LogP contribution in [0.4, 0.5) is 0 Å². The zero-order chi connectivity index (χ0) is 17.1. The van der Waals surface area contributed by atoms with Gasteiger partial charge in [0.25, 0.3) is 0 Å². The van der Waals surface area contributed by atoms with Crippen molar-refractivity contribution in [1.82, 2.24) is 20.1 Å². The summed E-state index contributed by atoms with van der Waals surface area (Å²) in [6.07, 6.45) is 0.621. The fourth-order valence-corrected chi connectivity index (χ4v) is 3.05. The van der Waals surface area contributed by atoms with E-state index in [0.29, 0.717) is 11.4 Å². The second-order valence-corrected chi connectivity index (χ2v) is 6.47. The number of nitrogens with one attached hydrogen (secondary N) is 1. The molecular weight excluding hydrogens is 316 g/mol. The standard InChI is InChI=1S/C15H20N4O3S/c1-8(5-11-9(2)18-19(4)10(11)3)14(20)16-6-13-17-12(7-23-13)15(21)22/h7-8H,5-6H2,1-4H3,(H,16,20)(H,21,22)/t8-/m0/s1. The maximum Gasteiger partial charge on any atom is 0.355 e. The van der Waals surface area contributed by atoms with Crippen molar-refractivity contribution in [2.75, 3.05) is 0 Å². The van der Waals surface area contributed by atoms with Gasteiger partial charge in [0, 0.05) is 24.0 Å². The molecule has 124 valence electrons. The molecule has 0 saturated carbocycles. The van der Waals surface area contributed by atoms with E-state index < -0.39 is 5.97 Å². The van der Waals surface area contributed by atoms with Gasteiger partial charge < -0.3 is 10.4 Å². The predicted octanol–water partition coefficient (Wildman–Crippen LogP) is 1.69. The Hall–Kier alpha value is -2.22. The average molecular weight is 336 g/mol. The van der Waals surface area contributed by atoms with E-state index in [1.54, 1.807) is 0 Å². The summed E-state index contributed by atoms with van der Waals surface area (Å²) in [5.41, 5.74) is 3.11. The first-order chi connectivity index (χ1) is 10.8. The van der Waals surface area contributed by atoms with Gasteiger partial charge in [-0.05, 0) is 25.8 Å². The van der Waals surface area contributed by atoms with Crippen LogP contribution in [-0.4, -0.2) is 31.7 Å². The summed E-state index contributed by atoms with van der Waals surface area (Å²) < 4.78 is 1.82. The quantitative estimate of drug-likeness (QED) is 0.836. The van der Waals surface area contributed by atoms with E-state index in [9.17, 15) is 9.59 Å². The van der Waals surface area contributed by atoms with E-state index in [1.165, 1.54) is 16.7 Å². The van der Waals surface area contributed by atoms with Gasteiger partial charge in [-0.25, -0.2) is 9.78 Å². The van der Waals surface area contributed by atoms with Crippen LogP contribution in [0, 0.1) is 19.8 Å². The van der Waals surface area contributed by atoms with Crippen molar-refractivity contribution in [3.05, 3.63) is 33.0 Å². The smallest absolute Gasteiger partial charge is 0.355 e. The molecule has 23 heavy (non-hydrogen) atoms. The van der Waals surface area contributed by atoms with E-state index in [0.717, 1.165) is 17.0 Å². The number of aromatic carboxylic acids is 1. The first-order valence-corrected chi connectivity index (χ1v) is 8.12. The van der Waals surface area contributed by atoms with E-state index in [4.69, 9.17) is 5.11 Å². The van der Waals surface area contributed by atoms with E-state index >= 15 is 0 Å². The van der Waals surface area contributed by atoms with Gasteiger partial charge in [-0.1, -0.05) is 6.92 Å². The van der Waals surface area contributed by atoms with Crippen LogP contribution in [0.1, 0.15) is 39.4 Å². The summed E-state index contributed by atoms with van der Waals surface area (Å²) >= 11 is 1.22. The first kappa shape index (κ1) is 17.1. The number of hydrogen-bond donors (Lipinski definition) is 2. The minimum atomic E-state index is -1.06. The van der Waals surface area contributed by atoms with Gasteiger partial charge in [-0.2, -0.15) is 5.10 Å². The lowest BCUT2D eigenvalue weighted by Gasteiger charge is -2.12. The van der Waals surface area contributed by atoms with Gasteiger partial charge in [0.2, 0.25) is 5.91 Å². The Bertz CT molecular complexity index is 735. The molecular formula is C15H20N4O3S. The molecule has 0 aromatic carbocycles. The summed E-state index contributed by atoms with van der Waals surface area (Å²) in [4.78, 5) is 26.9. The number of rotatable bonds is 6. The highest BCUT2D eigenvalue weighted by molar-refractivity contribution is 7.09. The van der Waals surface area contributed by atoms with Crippen LogP contribution in [0.15, 0.2) is 5.38 Å². The molecule has 0 aliphatic carbocycles. The van der Waals surface area contributed by atoms with E-state index in [-0.39, 0.29) is 24.1 Å². The summed E-state index contributed by atoms with van der Waals surface area (Å²) in [5, 5.41) is 18.0. The number of nitrogens with zero attached hydrogens (tertiary/aromatic N) is 3. The van der Waals surface area contributed by atoms with Gasteiger partial charge in [0.15, 0.2) is 5.69 Å². The Labute approximate surface area is 138 Å². The lowest BCUT2D eigenvalue weighted by Crippen LogP contribution is -2.30. The van der Waals surface area contributed by atoms with Crippen LogP contribution < -0.4 is 5.32 Å². The van der Waals surface area contributed by atoms with Crippen LogP contribution in [0.25, 0.3) is 0 Å². The number of aromatic nitrogens is 3. The van der Waals surface area contributed by atoms with Crippen molar-refractivity contribution >= 4 is 23.2 Å². The second-order valence-electron chi connectivity index (χ2n) is 5.53. The fraction of sp³-hybridized carbons (Fsp3) is 0.467.